The third kappa shape index (κ3) is 9.29. The van der Waals surface area contributed by atoms with Crippen LogP contribution in [-0.2, 0) is 0 Å². The number of nitro groups is 1. The van der Waals surface area contributed by atoms with Gasteiger partial charge in [-0.25, -0.2) is 4.79 Å². The van der Waals surface area contributed by atoms with E-state index in [-0.39, 0.29) is 11.3 Å². The Bertz CT molecular complexity index is 944. The molecule has 8 heteroatoms. The summed E-state index contributed by atoms with van der Waals surface area (Å²) in [7, 11) is 2.07. The molecule has 0 aliphatic rings. The fraction of sp³-hybridized carbons (Fsp3) is 0.500. The van der Waals surface area contributed by atoms with Crippen molar-refractivity contribution in [3.63, 3.8) is 0 Å². The van der Waals surface area contributed by atoms with Crippen LogP contribution in [0.2, 0.25) is 0 Å². The Labute approximate surface area is 201 Å². The first-order valence-electron chi connectivity index (χ1n) is 12.2. The van der Waals surface area contributed by atoms with Gasteiger partial charge in [0.15, 0.2) is 5.69 Å². The topological polar surface area (TPSA) is 108 Å². The standard InChI is InChI=1S/C26H36N4O4/c1-3-4-5-6-7-8-9-10-11-12-19-29(2)23-16-14-22(15-17-23)27-28-24-18-13-21(26(31)32)20-25(24)30(33)34/h13-18,20H,3-12,19H2,1-2H3,(H,31,32). The summed E-state index contributed by atoms with van der Waals surface area (Å²) in [5, 5.41) is 28.3. The van der Waals surface area contributed by atoms with Gasteiger partial charge in [0.05, 0.1) is 16.2 Å². The lowest BCUT2D eigenvalue weighted by molar-refractivity contribution is -0.384. The number of rotatable bonds is 16. The van der Waals surface area contributed by atoms with Gasteiger partial charge in [0.25, 0.3) is 5.69 Å². The molecule has 2 rings (SSSR count). The Balaban J connectivity index is 1.79. The van der Waals surface area contributed by atoms with Crippen molar-refractivity contribution in [1.82, 2.24) is 0 Å². The van der Waals surface area contributed by atoms with Crippen molar-refractivity contribution in [3.05, 3.63) is 58.1 Å². The highest BCUT2D eigenvalue weighted by Crippen LogP contribution is 2.30. The smallest absolute Gasteiger partial charge is 0.335 e. The van der Waals surface area contributed by atoms with E-state index in [0.29, 0.717) is 5.69 Å². The minimum Gasteiger partial charge on any atom is -0.478 e. The second-order valence-electron chi connectivity index (χ2n) is 8.59. The van der Waals surface area contributed by atoms with E-state index in [1.807, 2.05) is 24.3 Å². The monoisotopic (exact) mass is 468 g/mol. The van der Waals surface area contributed by atoms with Crippen LogP contribution in [0.15, 0.2) is 52.7 Å². The van der Waals surface area contributed by atoms with Crippen LogP contribution in [-0.4, -0.2) is 29.6 Å². The number of nitro benzene ring substituents is 1. The Morgan fingerprint density at radius 2 is 1.50 bits per heavy atom. The van der Waals surface area contributed by atoms with E-state index in [1.54, 1.807) is 0 Å². The summed E-state index contributed by atoms with van der Waals surface area (Å²) in [6.07, 6.45) is 13.1. The predicted molar refractivity (Wildman–Crippen MR) is 136 cm³/mol. The fourth-order valence-electron chi connectivity index (χ4n) is 3.74. The molecule has 0 fully saturated rings. The molecule has 0 unspecified atom stereocenters. The van der Waals surface area contributed by atoms with Crippen molar-refractivity contribution in [1.29, 1.82) is 0 Å². The summed E-state index contributed by atoms with van der Waals surface area (Å²) in [6, 6.07) is 11.1. The van der Waals surface area contributed by atoms with E-state index in [9.17, 15) is 14.9 Å². The number of carbonyl (C=O) groups is 1. The SMILES string of the molecule is CCCCCCCCCCCCN(C)c1ccc(N=Nc2ccc(C(=O)O)cc2[N+](=O)[O-])cc1. The number of azo groups is 1. The zero-order valence-corrected chi connectivity index (χ0v) is 20.3. The van der Waals surface area contributed by atoms with Gasteiger partial charge in [-0.3, -0.25) is 10.1 Å². The number of benzene rings is 2. The Hall–Kier alpha value is -3.29. The Morgan fingerprint density at radius 1 is 0.912 bits per heavy atom. The molecule has 0 saturated heterocycles. The van der Waals surface area contributed by atoms with Crippen molar-refractivity contribution in [2.45, 2.75) is 71.1 Å². The lowest BCUT2D eigenvalue weighted by Crippen LogP contribution is -2.18. The van der Waals surface area contributed by atoms with Gasteiger partial charge in [-0.2, -0.15) is 5.11 Å². The molecular formula is C26H36N4O4. The van der Waals surface area contributed by atoms with Crippen LogP contribution in [0.25, 0.3) is 0 Å². The molecule has 0 radical (unpaired) electrons. The van der Waals surface area contributed by atoms with Crippen molar-refractivity contribution in [3.8, 4) is 0 Å². The number of anilines is 1. The Morgan fingerprint density at radius 3 is 2.06 bits per heavy atom. The van der Waals surface area contributed by atoms with Gasteiger partial charge in [-0.15, -0.1) is 5.11 Å². The molecular weight excluding hydrogens is 432 g/mol. The van der Waals surface area contributed by atoms with E-state index in [1.165, 1.54) is 69.9 Å². The summed E-state index contributed by atoms with van der Waals surface area (Å²) in [5.74, 6) is -1.23. The summed E-state index contributed by atoms with van der Waals surface area (Å²) in [5.41, 5.74) is 1.09. The van der Waals surface area contributed by atoms with Crippen LogP contribution >= 0.6 is 0 Å². The van der Waals surface area contributed by atoms with Gasteiger partial charge in [-0.1, -0.05) is 64.7 Å². The van der Waals surface area contributed by atoms with Crippen LogP contribution < -0.4 is 4.90 Å². The molecule has 1 N–H and O–H groups in total. The lowest BCUT2D eigenvalue weighted by atomic mass is 10.1. The zero-order chi connectivity index (χ0) is 24.8. The molecule has 0 heterocycles. The number of carboxylic acids is 1. The van der Waals surface area contributed by atoms with Crippen LogP contribution in [0.3, 0.4) is 0 Å². The van der Waals surface area contributed by atoms with Gasteiger partial charge >= 0.3 is 5.97 Å². The summed E-state index contributed by atoms with van der Waals surface area (Å²) in [6.45, 7) is 3.23. The van der Waals surface area contributed by atoms with Gasteiger partial charge < -0.3 is 10.0 Å². The molecule has 0 amide bonds. The van der Waals surface area contributed by atoms with Crippen molar-refractivity contribution in [2.75, 3.05) is 18.5 Å². The van der Waals surface area contributed by atoms with Crippen LogP contribution in [0.5, 0.6) is 0 Å². The van der Waals surface area contributed by atoms with Crippen LogP contribution in [0.4, 0.5) is 22.7 Å². The van der Waals surface area contributed by atoms with Crippen LogP contribution in [0, 0.1) is 10.1 Å². The molecule has 2 aromatic carbocycles. The summed E-state index contributed by atoms with van der Waals surface area (Å²) < 4.78 is 0. The number of unbranched alkanes of at least 4 members (excludes halogenated alkanes) is 9. The maximum absolute atomic E-state index is 11.2. The third-order valence-electron chi connectivity index (χ3n) is 5.83. The normalized spacial score (nSPS) is 11.1. The van der Waals surface area contributed by atoms with E-state index in [2.05, 4.69) is 29.1 Å². The molecule has 0 aliphatic heterocycles. The average Bonchev–Trinajstić information content (AvgIpc) is 2.83. The number of aromatic carboxylic acids is 1. The second-order valence-corrected chi connectivity index (χ2v) is 8.59. The summed E-state index contributed by atoms with van der Waals surface area (Å²) in [4.78, 5) is 23.8. The highest BCUT2D eigenvalue weighted by atomic mass is 16.6. The predicted octanol–water partition coefficient (Wildman–Crippen LogP) is 8.07. The minimum atomic E-state index is -1.23. The second kappa shape index (κ2) is 14.8. The average molecular weight is 469 g/mol. The van der Waals surface area contributed by atoms with Crippen molar-refractivity contribution < 1.29 is 14.8 Å². The van der Waals surface area contributed by atoms with Gasteiger partial charge in [0, 0.05) is 25.3 Å². The highest BCUT2D eigenvalue weighted by molar-refractivity contribution is 5.89. The number of nitrogens with zero attached hydrogens (tertiary/aromatic N) is 4. The van der Waals surface area contributed by atoms with Gasteiger partial charge in [0.2, 0.25) is 0 Å². The van der Waals surface area contributed by atoms with Crippen molar-refractivity contribution >= 4 is 28.7 Å². The first-order valence-corrected chi connectivity index (χ1v) is 12.2. The van der Waals surface area contributed by atoms with Gasteiger partial charge in [0.1, 0.15) is 0 Å². The van der Waals surface area contributed by atoms with Crippen molar-refractivity contribution in [2.24, 2.45) is 10.2 Å². The molecule has 2 aromatic rings. The number of hydrogen-bond donors (Lipinski definition) is 1. The third-order valence-corrected chi connectivity index (χ3v) is 5.83. The van der Waals surface area contributed by atoms with Crippen LogP contribution in [0.1, 0.15) is 81.5 Å². The molecule has 0 aliphatic carbocycles. The van der Waals surface area contributed by atoms with Gasteiger partial charge in [-0.05, 0) is 42.8 Å². The Kier molecular flexibility index (Phi) is 11.7. The summed E-state index contributed by atoms with van der Waals surface area (Å²) >= 11 is 0. The lowest BCUT2D eigenvalue weighted by Gasteiger charge is -2.19. The van der Waals surface area contributed by atoms with E-state index in [4.69, 9.17) is 5.11 Å². The number of carboxylic acid groups (broad SMARTS) is 1. The number of hydrogen-bond acceptors (Lipinski definition) is 6. The quantitative estimate of drug-likeness (QED) is 0.116. The molecule has 8 nitrogen and oxygen atoms in total. The highest BCUT2D eigenvalue weighted by Gasteiger charge is 2.17. The largest absolute Gasteiger partial charge is 0.478 e. The maximum Gasteiger partial charge on any atom is 0.335 e. The fourth-order valence-corrected chi connectivity index (χ4v) is 3.74. The van der Waals surface area contributed by atoms with E-state index >= 15 is 0 Å². The molecule has 0 aromatic heterocycles. The molecule has 34 heavy (non-hydrogen) atoms. The molecule has 184 valence electrons. The minimum absolute atomic E-state index is 0.0113. The first kappa shape index (κ1) is 27.0. The maximum atomic E-state index is 11.2. The first-order chi connectivity index (χ1) is 16.4. The molecule has 0 atom stereocenters. The molecule has 0 saturated carbocycles. The van der Waals surface area contributed by atoms with E-state index in [0.717, 1.165) is 24.7 Å². The molecule has 0 bridgehead atoms. The van der Waals surface area contributed by atoms with E-state index < -0.39 is 16.6 Å². The zero-order valence-electron chi connectivity index (χ0n) is 20.3. The molecule has 0 spiro atoms.